The first-order chi connectivity index (χ1) is 8.99. The van der Waals surface area contributed by atoms with Gasteiger partial charge in [-0.15, -0.1) is 0 Å². The first kappa shape index (κ1) is 17.2. The molecule has 20 heavy (non-hydrogen) atoms. The smallest absolute Gasteiger partial charge is 0.155 e. The highest BCUT2D eigenvalue weighted by atomic mass is 35.5. The highest BCUT2D eigenvalue weighted by Crippen LogP contribution is 2.21. The number of carbonyl (C=O) groups is 1. The van der Waals surface area contributed by atoms with E-state index >= 15 is 0 Å². The van der Waals surface area contributed by atoms with Crippen LogP contribution in [-0.2, 0) is 11.2 Å². The predicted molar refractivity (Wildman–Crippen MR) is 86.3 cm³/mol. The van der Waals surface area contributed by atoms with Gasteiger partial charge in [-0.3, -0.25) is 4.79 Å². The van der Waals surface area contributed by atoms with Gasteiger partial charge in [0.15, 0.2) is 5.78 Å². The lowest BCUT2D eigenvalue weighted by atomic mass is 9.83. The van der Waals surface area contributed by atoms with Crippen molar-refractivity contribution in [2.24, 2.45) is 5.41 Å². The minimum atomic E-state index is -0.352. The van der Waals surface area contributed by atoms with Crippen molar-refractivity contribution in [3.05, 3.63) is 34.9 Å². The summed E-state index contributed by atoms with van der Waals surface area (Å²) in [6.07, 6.45) is 0.685. The van der Waals surface area contributed by atoms with Gasteiger partial charge in [0.05, 0.1) is 6.04 Å². The Morgan fingerprint density at radius 1 is 1.10 bits per heavy atom. The van der Waals surface area contributed by atoms with E-state index in [0.717, 1.165) is 10.6 Å². The molecule has 0 saturated heterocycles. The molecule has 0 heterocycles. The third-order valence-electron chi connectivity index (χ3n) is 3.02. The van der Waals surface area contributed by atoms with Crippen LogP contribution in [-0.4, -0.2) is 17.4 Å². The summed E-state index contributed by atoms with van der Waals surface area (Å²) in [4.78, 5) is 12.6. The van der Waals surface area contributed by atoms with E-state index in [1.54, 1.807) is 0 Å². The highest BCUT2D eigenvalue weighted by Gasteiger charge is 2.31. The van der Waals surface area contributed by atoms with Crippen molar-refractivity contribution < 1.29 is 4.79 Å². The zero-order valence-corrected chi connectivity index (χ0v) is 14.1. The van der Waals surface area contributed by atoms with E-state index in [1.807, 2.05) is 45.0 Å². The largest absolute Gasteiger partial charge is 0.302 e. The summed E-state index contributed by atoms with van der Waals surface area (Å²) in [5.41, 5.74) is 0.668. The molecule has 1 aromatic rings. The van der Waals surface area contributed by atoms with Crippen molar-refractivity contribution in [3.63, 3.8) is 0 Å². The SMILES string of the molecule is CC(C)(C)N[C@@H](Cc1ccc(Cl)cc1)C(=O)C(C)(C)C. The maximum absolute atomic E-state index is 12.6. The van der Waals surface area contributed by atoms with Crippen LogP contribution >= 0.6 is 11.6 Å². The van der Waals surface area contributed by atoms with Gasteiger partial charge in [0.25, 0.3) is 0 Å². The van der Waals surface area contributed by atoms with Crippen LogP contribution in [0.1, 0.15) is 47.1 Å². The molecule has 1 N–H and O–H groups in total. The number of halogens is 1. The summed E-state index contributed by atoms with van der Waals surface area (Å²) >= 11 is 5.91. The monoisotopic (exact) mass is 295 g/mol. The number of Topliss-reactive ketones (excluding diaryl/α,β-unsaturated/α-hetero) is 1. The fraction of sp³-hybridized carbons (Fsp3) is 0.588. The Bertz CT molecular complexity index is 451. The van der Waals surface area contributed by atoms with Crippen molar-refractivity contribution in [1.82, 2.24) is 5.32 Å². The molecule has 0 aliphatic rings. The van der Waals surface area contributed by atoms with Crippen LogP contribution in [0.3, 0.4) is 0 Å². The van der Waals surface area contributed by atoms with Gasteiger partial charge in [-0.2, -0.15) is 0 Å². The van der Waals surface area contributed by atoms with Gasteiger partial charge in [-0.25, -0.2) is 0 Å². The molecule has 2 nitrogen and oxygen atoms in total. The van der Waals surface area contributed by atoms with Crippen LogP contribution in [0.15, 0.2) is 24.3 Å². The van der Waals surface area contributed by atoms with Crippen LogP contribution < -0.4 is 5.32 Å². The number of ketones is 1. The van der Waals surface area contributed by atoms with Crippen molar-refractivity contribution in [1.29, 1.82) is 0 Å². The number of rotatable bonds is 4. The van der Waals surface area contributed by atoms with Crippen LogP contribution in [0.25, 0.3) is 0 Å². The van der Waals surface area contributed by atoms with Crippen molar-refractivity contribution in [3.8, 4) is 0 Å². The van der Waals surface area contributed by atoms with Gasteiger partial charge in [-0.05, 0) is 44.9 Å². The van der Waals surface area contributed by atoms with E-state index in [2.05, 4.69) is 26.1 Å². The van der Waals surface area contributed by atoms with E-state index in [4.69, 9.17) is 11.6 Å². The molecule has 0 aliphatic carbocycles. The zero-order valence-electron chi connectivity index (χ0n) is 13.4. The quantitative estimate of drug-likeness (QED) is 0.899. The molecule has 0 amide bonds. The van der Waals surface area contributed by atoms with Crippen LogP contribution in [0.4, 0.5) is 0 Å². The van der Waals surface area contributed by atoms with E-state index in [1.165, 1.54) is 0 Å². The number of carbonyl (C=O) groups excluding carboxylic acids is 1. The molecule has 0 fully saturated rings. The second kappa shape index (κ2) is 6.28. The minimum absolute atomic E-state index is 0.0992. The molecular weight excluding hydrogens is 270 g/mol. The van der Waals surface area contributed by atoms with Crippen LogP contribution in [0, 0.1) is 5.41 Å². The summed E-state index contributed by atoms with van der Waals surface area (Å²) in [5, 5.41) is 4.16. The van der Waals surface area contributed by atoms with Crippen LogP contribution in [0.2, 0.25) is 5.02 Å². The Hall–Kier alpha value is -0.860. The molecule has 0 unspecified atom stereocenters. The third-order valence-corrected chi connectivity index (χ3v) is 3.27. The molecule has 0 spiro atoms. The molecule has 112 valence electrons. The van der Waals surface area contributed by atoms with Crippen molar-refractivity contribution in [2.75, 3.05) is 0 Å². The fourth-order valence-corrected chi connectivity index (χ4v) is 2.24. The average Bonchev–Trinajstić information content (AvgIpc) is 2.27. The van der Waals surface area contributed by atoms with Gasteiger partial charge in [-0.1, -0.05) is 44.5 Å². The zero-order chi connectivity index (χ0) is 15.6. The Balaban J connectivity index is 2.93. The third kappa shape index (κ3) is 5.64. The second-order valence-corrected chi connectivity index (χ2v) is 7.83. The van der Waals surface area contributed by atoms with Gasteiger partial charge in [0, 0.05) is 16.0 Å². The number of nitrogens with one attached hydrogen (secondary N) is 1. The first-order valence-corrected chi connectivity index (χ1v) is 7.43. The van der Waals surface area contributed by atoms with Gasteiger partial charge >= 0.3 is 0 Å². The molecular formula is C17H26ClNO. The molecule has 0 saturated carbocycles. The second-order valence-electron chi connectivity index (χ2n) is 7.39. The summed E-state index contributed by atoms with van der Waals surface area (Å²) in [6.45, 7) is 12.1. The average molecular weight is 296 g/mol. The van der Waals surface area contributed by atoms with Crippen molar-refractivity contribution in [2.45, 2.75) is 59.5 Å². The molecule has 0 aliphatic heterocycles. The van der Waals surface area contributed by atoms with Gasteiger partial charge < -0.3 is 5.32 Å². The molecule has 0 radical (unpaired) electrons. The molecule has 3 heteroatoms. The van der Waals surface area contributed by atoms with E-state index < -0.39 is 0 Å². The first-order valence-electron chi connectivity index (χ1n) is 7.05. The number of hydrogen-bond donors (Lipinski definition) is 1. The summed E-state index contributed by atoms with van der Waals surface area (Å²) in [7, 11) is 0. The Morgan fingerprint density at radius 2 is 1.60 bits per heavy atom. The van der Waals surface area contributed by atoms with E-state index in [-0.39, 0.29) is 22.8 Å². The summed E-state index contributed by atoms with van der Waals surface area (Å²) < 4.78 is 0. The topological polar surface area (TPSA) is 29.1 Å². The number of benzene rings is 1. The molecule has 0 aromatic heterocycles. The molecule has 1 aromatic carbocycles. The van der Waals surface area contributed by atoms with Crippen LogP contribution in [0.5, 0.6) is 0 Å². The lowest BCUT2D eigenvalue weighted by molar-refractivity contribution is -0.128. The predicted octanol–water partition coefficient (Wildman–Crippen LogP) is 4.25. The summed E-state index contributed by atoms with van der Waals surface area (Å²) in [5.74, 6) is 0.238. The fourth-order valence-electron chi connectivity index (χ4n) is 2.11. The lowest BCUT2D eigenvalue weighted by Gasteiger charge is -2.32. The maximum Gasteiger partial charge on any atom is 0.155 e. The molecule has 1 atom stereocenters. The van der Waals surface area contributed by atoms with Gasteiger partial charge in [0.1, 0.15) is 0 Å². The Morgan fingerprint density at radius 3 is 2.00 bits per heavy atom. The lowest BCUT2D eigenvalue weighted by Crippen LogP contribution is -2.51. The molecule has 0 bridgehead atoms. The number of hydrogen-bond acceptors (Lipinski definition) is 2. The Kier molecular flexibility index (Phi) is 5.39. The maximum atomic E-state index is 12.6. The summed E-state index contributed by atoms with van der Waals surface area (Å²) in [6, 6.07) is 7.51. The van der Waals surface area contributed by atoms with E-state index in [0.29, 0.717) is 6.42 Å². The van der Waals surface area contributed by atoms with Gasteiger partial charge in [0.2, 0.25) is 0 Å². The van der Waals surface area contributed by atoms with Crippen molar-refractivity contribution >= 4 is 17.4 Å². The van der Waals surface area contributed by atoms with E-state index in [9.17, 15) is 4.79 Å². The Labute approximate surface area is 127 Å². The highest BCUT2D eigenvalue weighted by molar-refractivity contribution is 6.30. The minimum Gasteiger partial charge on any atom is -0.302 e. The normalized spacial score (nSPS) is 14.2. The molecule has 1 rings (SSSR count). The standard InChI is InChI=1S/C17H26ClNO/c1-16(2,3)15(20)14(19-17(4,5)6)11-12-7-9-13(18)10-8-12/h7-10,14,19H,11H2,1-6H3/t14-/m0/s1.